The van der Waals surface area contributed by atoms with Crippen LogP contribution in [0.25, 0.3) is 0 Å². The zero-order chi connectivity index (χ0) is 17.8. The molecule has 1 aromatic carbocycles. The molecule has 25 heavy (non-hydrogen) atoms. The Bertz CT molecular complexity index is 785. The smallest absolute Gasteiger partial charge is 0.232 e. The van der Waals surface area contributed by atoms with Crippen LogP contribution in [0.2, 0.25) is 0 Å². The Hall–Kier alpha value is -2.41. The summed E-state index contributed by atoms with van der Waals surface area (Å²) in [4.78, 5) is 23.0. The third-order valence-corrected chi connectivity index (χ3v) is 5.09. The standard InChI is InChI=1S/C18H23N5OS/c1-12-21-13(11-25-12)10-23(3)18(19-2)20-9-8-15-14-6-4-5-7-16(14)22-17(15)24/h4-7,11,15H,8-10H2,1-3H3,(H,19,20)(H,22,24). The molecule has 6 nitrogen and oxygen atoms in total. The van der Waals surface area contributed by atoms with Crippen molar-refractivity contribution < 1.29 is 4.79 Å². The molecular formula is C18H23N5OS. The first-order valence-electron chi connectivity index (χ1n) is 8.31. The number of anilines is 1. The summed E-state index contributed by atoms with van der Waals surface area (Å²) in [5.41, 5.74) is 3.05. The van der Waals surface area contributed by atoms with Crippen LogP contribution in [-0.2, 0) is 11.3 Å². The third-order valence-electron chi connectivity index (χ3n) is 4.27. The Morgan fingerprint density at radius 1 is 1.44 bits per heavy atom. The minimum atomic E-state index is -0.103. The van der Waals surface area contributed by atoms with Gasteiger partial charge in [0.15, 0.2) is 5.96 Å². The van der Waals surface area contributed by atoms with Crippen molar-refractivity contribution in [2.24, 2.45) is 4.99 Å². The Kier molecular flexibility index (Phi) is 5.33. The molecule has 132 valence electrons. The normalized spacial score (nSPS) is 16.5. The summed E-state index contributed by atoms with van der Waals surface area (Å²) < 4.78 is 0. The van der Waals surface area contributed by atoms with E-state index in [2.05, 4.69) is 26.0 Å². The molecule has 0 saturated carbocycles. The lowest BCUT2D eigenvalue weighted by atomic mass is 9.97. The number of rotatable bonds is 5. The van der Waals surface area contributed by atoms with Crippen molar-refractivity contribution in [2.45, 2.75) is 25.8 Å². The lowest BCUT2D eigenvalue weighted by Gasteiger charge is -2.21. The van der Waals surface area contributed by atoms with E-state index in [4.69, 9.17) is 0 Å². The van der Waals surface area contributed by atoms with E-state index in [1.807, 2.05) is 43.1 Å². The average molecular weight is 357 g/mol. The number of aliphatic imine (C=N–C) groups is 1. The van der Waals surface area contributed by atoms with Gasteiger partial charge in [-0.1, -0.05) is 18.2 Å². The number of para-hydroxylation sites is 1. The molecule has 1 atom stereocenters. The van der Waals surface area contributed by atoms with Gasteiger partial charge in [0.25, 0.3) is 0 Å². The number of fused-ring (bicyclic) bond motifs is 1. The molecule has 7 heteroatoms. The van der Waals surface area contributed by atoms with Crippen molar-refractivity contribution in [3.8, 4) is 0 Å². The van der Waals surface area contributed by atoms with Crippen LogP contribution in [0.5, 0.6) is 0 Å². The number of hydrogen-bond acceptors (Lipinski definition) is 4. The van der Waals surface area contributed by atoms with E-state index in [9.17, 15) is 4.79 Å². The summed E-state index contributed by atoms with van der Waals surface area (Å²) in [5, 5.41) is 9.42. The highest BCUT2D eigenvalue weighted by atomic mass is 32.1. The van der Waals surface area contributed by atoms with Crippen LogP contribution < -0.4 is 10.6 Å². The van der Waals surface area contributed by atoms with Crippen molar-refractivity contribution in [1.29, 1.82) is 0 Å². The molecule has 1 aliphatic heterocycles. The number of amides is 1. The molecule has 0 bridgehead atoms. The van der Waals surface area contributed by atoms with E-state index >= 15 is 0 Å². The van der Waals surface area contributed by atoms with Crippen molar-refractivity contribution in [2.75, 3.05) is 26.0 Å². The van der Waals surface area contributed by atoms with Crippen LogP contribution in [0.1, 0.15) is 28.6 Å². The number of aromatic nitrogens is 1. The first-order valence-corrected chi connectivity index (χ1v) is 9.19. The summed E-state index contributed by atoms with van der Waals surface area (Å²) >= 11 is 1.65. The van der Waals surface area contributed by atoms with Gasteiger partial charge in [0, 0.05) is 31.7 Å². The number of carbonyl (C=O) groups excluding carboxylic acids is 1. The van der Waals surface area contributed by atoms with Gasteiger partial charge in [-0.25, -0.2) is 4.98 Å². The van der Waals surface area contributed by atoms with E-state index in [-0.39, 0.29) is 11.8 Å². The van der Waals surface area contributed by atoms with Gasteiger partial charge in [0.2, 0.25) is 5.91 Å². The minimum absolute atomic E-state index is 0.0734. The Morgan fingerprint density at radius 2 is 2.24 bits per heavy atom. The number of thiazole rings is 1. The second-order valence-electron chi connectivity index (χ2n) is 6.11. The molecule has 2 N–H and O–H groups in total. The van der Waals surface area contributed by atoms with Crippen LogP contribution in [0.3, 0.4) is 0 Å². The quantitative estimate of drug-likeness (QED) is 0.637. The second kappa shape index (κ2) is 7.65. The first kappa shape index (κ1) is 17.4. The third kappa shape index (κ3) is 3.99. The average Bonchev–Trinajstić information content (AvgIpc) is 3.14. The van der Waals surface area contributed by atoms with Gasteiger partial charge >= 0.3 is 0 Å². The van der Waals surface area contributed by atoms with E-state index in [0.29, 0.717) is 13.1 Å². The van der Waals surface area contributed by atoms with Crippen LogP contribution >= 0.6 is 11.3 Å². The van der Waals surface area contributed by atoms with E-state index in [1.54, 1.807) is 18.4 Å². The van der Waals surface area contributed by atoms with Crippen LogP contribution in [0, 0.1) is 6.92 Å². The minimum Gasteiger partial charge on any atom is -0.356 e. The van der Waals surface area contributed by atoms with E-state index in [1.165, 1.54) is 0 Å². The fraction of sp³-hybridized carbons (Fsp3) is 0.389. The Morgan fingerprint density at radius 3 is 2.96 bits per heavy atom. The fourth-order valence-corrected chi connectivity index (χ4v) is 3.68. The van der Waals surface area contributed by atoms with Crippen LogP contribution in [0.4, 0.5) is 5.69 Å². The zero-order valence-corrected chi connectivity index (χ0v) is 15.6. The summed E-state index contributed by atoms with van der Waals surface area (Å²) in [6, 6.07) is 7.88. The van der Waals surface area contributed by atoms with E-state index in [0.717, 1.165) is 34.3 Å². The van der Waals surface area contributed by atoms with Crippen LogP contribution in [-0.4, -0.2) is 42.4 Å². The second-order valence-corrected chi connectivity index (χ2v) is 7.17. The maximum absolute atomic E-state index is 12.2. The van der Waals surface area contributed by atoms with Gasteiger partial charge in [0.05, 0.1) is 23.2 Å². The van der Waals surface area contributed by atoms with Gasteiger partial charge in [0.1, 0.15) is 0 Å². The van der Waals surface area contributed by atoms with Crippen LogP contribution in [0.15, 0.2) is 34.6 Å². The Balaban J connectivity index is 1.54. The molecule has 2 heterocycles. The number of carbonyl (C=O) groups is 1. The molecular weight excluding hydrogens is 334 g/mol. The number of hydrogen-bond donors (Lipinski definition) is 2. The zero-order valence-electron chi connectivity index (χ0n) is 14.7. The highest BCUT2D eigenvalue weighted by Gasteiger charge is 2.29. The molecule has 1 aliphatic rings. The van der Waals surface area contributed by atoms with Crippen molar-refractivity contribution in [3.05, 3.63) is 45.9 Å². The SMILES string of the molecule is CN=C(NCCC1C(=O)Nc2ccccc21)N(C)Cc1csc(C)n1. The van der Waals surface area contributed by atoms with Crippen molar-refractivity contribution >= 4 is 28.9 Å². The summed E-state index contributed by atoms with van der Waals surface area (Å²) in [6.07, 6.45) is 0.728. The molecule has 1 aromatic heterocycles. The van der Waals surface area contributed by atoms with Gasteiger partial charge in [-0.15, -0.1) is 11.3 Å². The van der Waals surface area contributed by atoms with Gasteiger partial charge in [-0.05, 0) is 25.0 Å². The predicted octanol–water partition coefficient (Wildman–Crippen LogP) is 2.58. The molecule has 1 amide bonds. The molecule has 0 radical (unpaired) electrons. The molecule has 2 aromatic rings. The van der Waals surface area contributed by atoms with E-state index < -0.39 is 0 Å². The van der Waals surface area contributed by atoms with Gasteiger partial charge in [-0.3, -0.25) is 9.79 Å². The number of nitrogens with zero attached hydrogens (tertiary/aromatic N) is 3. The fourth-order valence-electron chi connectivity index (χ4n) is 3.07. The molecule has 0 spiro atoms. The monoisotopic (exact) mass is 357 g/mol. The first-order chi connectivity index (χ1) is 12.1. The molecule has 0 saturated heterocycles. The lowest BCUT2D eigenvalue weighted by molar-refractivity contribution is -0.117. The molecule has 3 rings (SSSR count). The van der Waals surface area contributed by atoms with Crippen molar-refractivity contribution in [3.63, 3.8) is 0 Å². The highest BCUT2D eigenvalue weighted by Crippen LogP contribution is 2.33. The number of benzene rings is 1. The summed E-state index contributed by atoms with van der Waals surface area (Å²) in [7, 11) is 3.75. The van der Waals surface area contributed by atoms with Gasteiger partial charge < -0.3 is 15.5 Å². The Labute approximate surface area is 152 Å². The molecule has 0 fully saturated rings. The molecule has 1 unspecified atom stereocenters. The summed E-state index contributed by atoms with van der Waals surface area (Å²) in [6.45, 7) is 3.39. The number of nitrogens with one attached hydrogen (secondary N) is 2. The largest absolute Gasteiger partial charge is 0.356 e. The highest BCUT2D eigenvalue weighted by molar-refractivity contribution is 7.09. The number of aryl methyl sites for hydroxylation is 1. The topological polar surface area (TPSA) is 69.6 Å². The van der Waals surface area contributed by atoms with Gasteiger partial charge in [-0.2, -0.15) is 0 Å². The predicted molar refractivity (Wildman–Crippen MR) is 102 cm³/mol. The lowest BCUT2D eigenvalue weighted by Crippen LogP contribution is -2.39. The summed E-state index contributed by atoms with van der Waals surface area (Å²) in [5.74, 6) is 0.773. The maximum atomic E-state index is 12.2. The number of guanidine groups is 1. The molecule has 0 aliphatic carbocycles. The maximum Gasteiger partial charge on any atom is 0.232 e. The van der Waals surface area contributed by atoms with Crippen molar-refractivity contribution in [1.82, 2.24) is 15.2 Å².